The van der Waals surface area contributed by atoms with Crippen LogP contribution in [0.4, 0.5) is 14.9 Å². The topological polar surface area (TPSA) is 98.7 Å². The van der Waals surface area contributed by atoms with Gasteiger partial charge in [-0.2, -0.15) is 0 Å². The van der Waals surface area contributed by atoms with Crippen LogP contribution in [-0.4, -0.2) is 34.9 Å². The predicted octanol–water partition coefficient (Wildman–Crippen LogP) is 1.55. The zero-order valence-electron chi connectivity index (χ0n) is 9.69. The highest BCUT2D eigenvalue weighted by molar-refractivity contribution is 9.10. The molecule has 0 unspecified atom stereocenters. The van der Waals surface area contributed by atoms with E-state index in [0.717, 1.165) is 0 Å². The van der Waals surface area contributed by atoms with E-state index in [9.17, 15) is 14.0 Å². The summed E-state index contributed by atoms with van der Waals surface area (Å²) in [5, 5.41) is 22.2. The van der Waals surface area contributed by atoms with Gasteiger partial charge in [0, 0.05) is 17.4 Å². The van der Waals surface area contributed by atoms with Crippen molar-refractivity contribution in [2.45, 2.75) is 12.5 Å². The van der Waals surface area contributed by atoms with Gasteiger partial charge in [0.25, 0.3) is 0 Å². The number of hydrogen-bond acceptors (Lipinski definition) is 3. The van der Waals surface area contributed by atoms with Gasteiger partial charge in [0.2, 0.25) is 0 Å². The molecular formula is C11H12BrFN2O4. The SMILES string of the molecule is O=C(NCC[C@H](O)C(=O)O)Nc1ccc(F)cc1Br. The van der Waals surface area contributed by atoms with Crippen molar-refractivity contribution < 1.29 is 24.2 Å². The number of aliphatic carboxylic acids is 1. The van der Waals surface area contributed by atoms with Crippen LogP contribution in [-0.2, 0) is 4.79 Å². The first kappa shape index (κ1) is 15.4. The number of urea groups is 1. The average Bonchev–Trinajstić information content (AvgIpc) is 2.32. The third kappa shape index (κ3) is 5.23. The standard InChI is InChI=1S/C11H12BrFN2O4/c12-7-5-6(13)1-2-8(7)15-11(19)14-4-3-9(16)10(17)18/h1-2,5,9,16H,3-4H2,(H,17,18)(H2,14,15,19)/t9-/m0/s1. The Hall–Kier alpha value is -1.67. The largest absolute Gasteiger partial charge is 0.479 e. The molecule has 1 aromatic rings. The molecule has 19 heavy (non-hydrogen) atoms. The van der Waals surface area contributed by atoms with Crippen LogP contribution in [0.2, 0.25) is 0 Å². The van der Waals surface area contributed by atoms with E-state index in [-0.39, 0.29) is 13.0 Å². The van der Waals surface area contributed by atoms with Gasteiger partial charge >= 0.3 is 12.0 Å². The average molecular weight is 335 g/mol. The minimum Gasteiger partial charge on any atom is -0.479 e. The van der Waals surface area contributed by atoms with Crippen molar-refractivity contribution >= 4 is 33.6 Å². The Morgan fingerprint density at radius 3 is 2.68 bits per heavy atom. The van der Waals surface area contributed by atoms with Crippen molar-refractivity contribution in [2.75, 3.05) is 11.9 Å². The molecule has 0 radical (unpaired) electrons. The Balaban J connectivity index is 2.41. The number of carboxylic acid groups (broad SMARTS) is 1. The second-order valence-electron chi connectivity index (χ2n) is 3.65. The highest BCUT2D eigenvalue weighted by atomic mass is 79.9. The van der Waals surface area contributed by atoms with Crippen LogP contribution in [0.15, 0.2) is 22.7 Å². The summed E-state index contributed by atoms with van der Waals surface area (Å²) in [6, 6.07) is 3.19. The summed E-state index contributed by atoms with van der Waals surface area (Å²) >= 11 is 3.09. The molecule has 4 N–H and O–H groups in total. The molecule has 1 aromatic carbocycles. The van der Waals surface area contributed by atoms with E-state index < -0.39 is 23.9 Å². The molecule has 0 aliphatic carbocycles. The fourth-order valence-corrected chi connectivity index (χ4v) is 1.65. The first-order valence-electron chi connectivity index (χ1n) is 5.31. The monoisotopic (exact) mass is 334 g/mol. The highest BCUT2D eigenvalue weighted by Gasteiger charge is 2.13. The normalized spacial score (nSPS) is 11.7. The van der Waals surface area contributed by atoms with Crippen LogP contribution in [0.3, 0.4) is 0 Å². The molecule has 2 amide bonds. The molecule has 0 aliphatic heterocycles. The third-order valence-corrected chi connectivity index (χ3v) is 2.82. The summed E-state index contributed by atoms with van der Waals surface area (Å²) < 4.78 is 13.2. The number of amides is 2. The summed E-state index contributed by atoms with van der Waals surface area (Å²) in [6.45, 7) is -0.00187. The lowest BCUT2D eigenvalue weighted by Gasteiger charge is -2.10. The van der Waals surface area contributed by atoms with Gasteiger partial charge in [-0.1, -0.05) is 0 Å². The number of halogens is 2. The van der Waals surface area contributed by atoms with Gasteiger partial charge in [0.15, 0.2) is 6.10 Å². The molecule has 6 nitrogen and oxygen atoms in total. The maximum Gasteiger partial charge on any atom is 0.332 e. The Morgan fingerprint density at radius 2 is 2.11 bits per heavy atom. The van der Waals surface area contributed by atoms with E-state index >= 15 is 0 Å². The molecule has 0 aromatic heterocycles. The molecule has 0 fully saturated rings. The molecule has 0 bridgehead atoms. The number of nitrogens with one attached hydrogen (secondary N) is 2. The predicted molar refractivity (Wildman–Crippen MR) is 69.4 cm³/mol. The lowest BCUT2D eigenvalue weighted by atomic mass is 10.2. The van der Waals surface area contributed by atoms with Gasteiger partial charge in [-0.15, -0.1) is 0 Å². The molecular weight excluding hydrogens is 323 g/mol. The van der Waals surface area contributed by atoms with E-state index in [4.69, 9.17) is 10.2 Å². The summed E-state index contributed by atoms with van der Waals surface area (Å²) in [5.74, 6) is -1.79. The van der Waals surface area contributed by atoms with Gasteiger partial charge in [-0.25, -0.2) is 14.0 Å². The number of benzene rings is 1. The number of hydrogen-bond donors (Lipinski definition) is 4. The van der Waals surface area contributed by atoms with Crippen molar-refractivity contribution in [1.82, 2.24) is 5.32 Å². The lowest BCUT2D eigenvalue weighted by molar-refractivity contribution is -0.146. The Kier molecular flexibility index (Phi) is 5.71. The van der Waals surface area contributed by atoms with Crippen molar-refractivity contribution in [2.24, 2.45) is 0 Å². The number of aliphatic hydroxyl groups is 1. The quantitative estimate of drug-likeness (QED) is 0.656. The summed E-state index contributed by atoms with van der Waals surface area (Å²) in [5.41, 5.74) is 0.373. The van der Waals surface area contributed by atoms with E-state index in [2.05, 4.69) is 26.6 Å². The number of anilines is 1. The Bertz CT molecular complexity index is 484. The molecule has 0 saturated heterocycles. The third-order valence-electron chi connectivity index (χ3n) is 2.17. The van der Waals surface area contributed by atoms with Crippen molar-refractivity contribution in [3.05, 3.63) is 28.5 Å². The molecule has 104 valence electrons. The van der Waals surface area contributed by atoms with Crippen molar-refractivity contribution in [3.8, 4) is 0 Å². The lowest BCUT2D eigenvalue weighted by Crippen LogP contribution is -2.33. The summed E-state index contributed by atoms with van der Waals surface area (Å²) in [4.78, 5) is 21.8. The van der Waals surface area contributed by atoms with Crippen LogP contribution in [0, 0.1) is 5.82 Å². The van der Waals surface area contributed by atoms with Gasteiger partial charge in [-0.05, 0) is 34.1 Å². The van der Waals surface area contributed by atoms with Gasteiger partial charge in [0.05, 0.1) is 5.69 Å². The molecule has 0 saturated carbocycles. The summed E-state index contributed by atoms with van der Waals surface area (Å²) in [7, 11) is 0. The van der Waals surface area contributed by atoms with E-state index in [0.29, 0.717) is 10.2 Å². The van der Waals surface area contributed by atoms with E-state index in [1.165, 1.54) is 18.2 Å². The molecule has 1 rings (SSSR count). The fraction of sp³-hybridized carbons (Fsp3) is 0.273. The summed E-state index contributed by atoms with van der Waals surface area (Å²) in [6.07, 6.45) is -1.62. The first-order valence-corrected chi connectivity index (χ1v) is 6.10. The molecule has 0 heterocycles. The van der Waals surface area contributed by atoms with Gasteiger partial charge < -0.3 is 20.8 Å². The Labute approximate surface area is 116 Å². The number of aliphatic hydroxyl groups excluding tert-OH is 1. The van der Waals surface area contributed by atoms with E-state index in [1.54, 1.807) is 0 Å². The smallest absolute Gasteiger partial charge is 0.332 e. The first-order chi connectivity index (χ1) is 8.90. The van der Waals surface area contributed by atoms with Gasteiger partial charge in [0.1, 0.15) is 5.82 Å². The minimum absolute atomic E-state index is 0.00187. The second kappa shape index (κ2) is 7.05. The molecule has 0 spiro atoms. The minimum atomic E-state index is -1.52. The van der Waals surface area contributed by atoms with E-state index in [1.807, 2.05) is 0 Å². The molecule has 8 heteroatoms. The number of rotatable bonds is 5. The van der Waals surface area contributed by atoms with Crippen LogP contribution in [0.25, 0.3) is 0 Å². The van der Waals surface area contributed by atoms with Crippen LogP contribution in [0.1, 0.15) is 6.42 Å². The zero-order valence-corrected chi connectivity index (χ0v) is 11.3. The molecule has 1 atom stereocenters. The van der Waals surface area contributed by atoms with Crippen molar-refractivity contribution in [3.63, 3.8) is 0 Å². The zero-order chi connectivity index (χ0) is 14.4. The Morgan fingerprint density at radius 1 is 1.42 bits per heavy atom. The second-order valence-corrected chi connectivity index (χ2v) is 4.50. The maximum atomic E-state index is 12.8. The molecule has 0 aliphatic rings. The maximum absolute atomic E-state index is 12.8. The van der Waals surface area contributed by atoms with Gasteiger partial charge in [-0.3, -0.25) is 0 Å². The fourth-order valence-electron chi connectivity index (χ4n) is 1.20. The number of carboxylic acids is 1. The van der Waals surface area contributed by atoms with Crippen LogP contribution < -0.4 is 10.6 Å². The van der Waals surface area contributed by atoms with Crippen molar-refractivity contribution in [1.29, 1.82) is 0 Å². The van der Waals surface area contributed by atoms with Crippen LogP contribution in [0.5, 0.6) is 0 Å². The van der Waals surface area contributed by atoms with Crippen LogP contribution >= 0.6 is 15.9 Å². The number of carbonyl (C=O) groups is 2. The number of carbonyl (C=O) groups excluding carboxylic acids is 1. The highest BCUT2D eigenvalue weighted by Crippen LogP contribution is 2.22.